The maximum atomic E-state index is 14.2. The smallest absolute Gasteiger partial charge is 0.149 e. The highest BCUT2D eigenvalue weighted by atomic mass is 19.1. The average molecular weight is 284 g/mol. The Morgan fingerprint density at radius 1 is 1.10 bits per heavy atom. The van der Waals surface area contributed by atoms with Gasteiger partial charge in [0.05, 0.1) is 0 Å². The van der Waals surface area contributed by atoms with Crippen molar-refractivity contribution in [2.24, 2.45) is 5.92 Å². The lowest BCUT2D eigenvalue weighted by atomic mass is 10.0. The molecule has 20 heavy (non-hydrogen) atoms. The van der Waals surface area contributed by atoms with Gasteiger partial charge in [-0.15, -0.1) is 0 Å². The number of anilines is 1. The van der Waals surface area contributed by atoms with Crippen LogP contribution in [0.5, 0.6) is 0 Å². The summed E-state index contributed by atoms with van der Waals surface area (Å²) in [6.07, 6.45) is 2.04. The number of hydrogen-bond acceptors (Lipinski definition) is 2. The molecule has 1 aromatic rings. The summed E-state index contributed by atoms with van der Waals surface area (Å²) in [7, 11) is 1.76. The Morgan fingerprint density at radius 2 is 1.65 bits per heavy atom. The van der Waals surface area contributed by atoms with Crippen molar-refractivity contribution in [1.29, 1.82) is 0 Å². The van der Waals surface area contributed by atoms with Gasteiger partial charge in [-0.1, -0.05) is 26.7 Å². The van der Waals surface area contributed by atoms with Crippen LogP contribution in [0.2, 0.25) is 0 Å². The van der Waals surface area contributed by atoms with E-state index in [1.807, 2.05) is 11.8 Å². The van der Waals surface area contributed by atoms with Crippen molar-refractivity contribution in [3.8, 4) is 0 Å². The van der Waals surface area contributed by atoms with Gasteiger partial charge in [0.2, 0.25) is 0 Å². The minimum Gasteiger partial charge on any atom is -0.367 e. The lowest BCUT2D eigenvalue weighted by molar-refractivity contribution is 0.475. The molecule has 0 bridgehead atoms. The summed E-state index contributed by atoms with van der Waals surface area (Å²) in [5, 5.41) is 2.90. The molecule has 0 aliphatic carbocycles. The van der Waals surface area contributed by atoms with Gasteiger partial charge in [-0.3, -0.25) is 0 Å². The average Bonchev–Trinajstić information content (AvgIpc) is 2.42. The van der Waals surface area contributed by atoms with Crippen molar-refractivity contribution in [1.82, 2.24) is 5.32 Å². The third-order valence-corrected chi connectivity index (χ3v) is 3.79. The van der Waals surface area contributed by atoms with E-state index in [4.69, 9.17) is 0 Å². The number of halogens is 2. The maximum absolute atomic E-state index is 14.2. The highest BCUT2D eigenvalue weighted by Crippen LogP contribution is 2.26. The molecule has 0 fully saturated rings. The molecule has 1 N–H and O–H groups in total. The molecule has 0 amide bonds. The molecular formula is C16H26F2N2. The molecule has 1 rings (SSSR count). The van der Waals surface area contributed by atoms with Crippen molar-refractivity contribution < 1.29 is 8.78 Å². The normalized spacial score (nSPS) is 11.2. The standard InChI is InChI=1S/C16H26F2N2/c1-5-12(6-2)11-20(7-3)16-14(17)8-13(10-19-4)9-15(16)18/h8-9,12,19H,5-7,10-11H2,1-4H3. The molecule has 2 nitrogen and oxygen atoms in total. The van der Waals surface area contributed by atoms with Gasteiger partial charge in [-0.2, -0.15) is 0 Å². The van der Waals surface area contributed by atoms with E-state index in [9.17, 15) is 8.78 Å². The first-order valence-electron chi connectivity index (χ1n) is 7.44. The number of benzene rings is 1. The molecule has 0 saturated carbocycles. The Morgan fingerprint density at radius 3 is 2.05 bits per heavy atom. The van der Waals surface area contributed by atoms with Crippen LogP contribution in [0.1, 0.15) is 39.2 Å². The zero-order chi connectivity index (χ0) is 15.1. The minimum atomic E-state index is -0.469. The quantitative estimate of drug-likeness (QED) is 0.777. The van der Waals surface area contributed by atoms with E-state index in [2.05, 4.69) is 19.2 Å². The molecule has 0 aliphatic heterocycles. The highest BCUT2D eigenvalue weighted by molar-refractivity contribution is 5.50. The van der Waals surface area contributed by atoms with Crippen LogP contribution in [0, 0.1) is 17.6 Å². The fraction of sp³-hybridized carbons (Fsp3) is 0.625. The lowest BCUT2D eigenvalue weighted by Gasteiger charge is -2.28. The van der Waals surface area contributed by atoms with Crippen molar-refractivity contribution in [3.63, 3.8) is 0 Å². The van der Waals surface area contributed by atoms with E-state index < -0.39 is 11.6 Å². The molecule has 0 saturated heterocycles. The van der Waals surface area contributed by atoms with E-state index in [0.717, 1.165) is 12.8 Å². The number of nitrogens with zero attached hydrogens (tertiary/aromatic N) is 1. The molecule has 1 aromatic carbocycles. The van der Waals surface area contributed by atoms with Gasteiger partial charge in [-0.25, -0.2) is 8.78 Å². The van der Waals surface area contributed by atoms with Crippen LogP contribution < -0.4 is 10.2 Å². The molecule has 114 valence electrons. The Balaban J connectivity index is 3.03. The monoisotopic (exact) mass is 284 g/mol. The van der Waals surface area contributed by atoms with Crippen LogP contribution in [0.15, 0.2) is 12.1 Å². The van der Waals surface area contributed by atoms with Crippen LogP contribution >= 0.6 is 0 Å². The van der Waals surface area contributed by atoms with Crippen LogP contribution in [-0.4, -0.2) is 20.1 Å². The Bertz CT molecular complexity index is 394. The van der Waals surface area contributed by atoms with Gasteiger partial charge in [0, 0.05) is 19.6 Å². The van der Waals surface area contributed by atoms with E-state index in [1.165, 1.54) is 12.1 Å². The van der Waals surface area contributed by atoms with Crippen molar-refractivity contribution >= 4 is 5.69 Å². The lowest BCUT2D eigenvalue weighted by Crippen LogP contribution is -2.30. The topological polar surface area (TPSA) is 15.3 Å². The van der Waals surface area contributed by atoms with Crippen molar-refractivity contribution in [3.05, 3.63) is 29.3 Å². The number of rotatable bonds is 8. The summed E-state index contributed by atoms with van der Waals surface area (Å²) in [5.41, 5.74) is 0.740. The second-order valence-electron chi connectivity index (χ2n) is 5.16. The second-order valence-corrected chi connectivity index (χ2v) is 5.16. The molecular weight excluding hydrogens is 258 g/mol. The zero-order valence-electron chi connectivity index (χ0n) is 13.0. The highest BCUT2D eigenvalue weighted by Gasteiger charge is 2.19. The number of nitrogens with one attached hydrogen (secondary N) is 1. The van der Waals surface area contributed by atoms with E-state index >= 15 is 0 Å². The summed E-state index contributed by atoms with van der Waals surface area (Å²) in [4.78, 5) is 1.81. The van der Waals surface area contributed by atoms with Crippen LogP contribution in [0.3, 0.4) is 0 Å². The molecule has 0 aliphatic rings. The fourth-order valence-electron chi connectivity index (χ4n) is 2.46. The summed E-state index contributed by atoms with van der Waals surface area (Å²) in [6, 6.07) is 2.84. The van der Waals surface area contributed by atoms with Crippen LogP contribution in [0.4, 0.5) is 14.5 Å². The zero-order valence-corrected chi connectivity index (χ0v) is 13.0. The molecule has 0 aromatic heterocycles. The first-order chi connectivity index (χ1) is 9.57. The van der Waals surface area contributed by atoms with Crippen LogP contribution in [-0.2, 0) is 6.54 Å². The molecule has 0 radical (unpaired) electrons. The predicted molar refractivity (Wildman–Crippen MR) is 81.1 cm³/mol. The SMILES string of the molecule is CCC(CC)CN(CC)c1c(F)cc(CNC)cc1F. The molecule has 0 heterocycles. The van der Waals surface area contributed by atoms with Gasteiger partial charge in [0.15, 0.2) is 0 Å². The third kappa shape index (κ3) is 4.17. The Labute approximate surface area is 121 Å². The Kier molecular flexibility index (Phi) is 6.93. The van der Waals surface area contributed by atoms with E-state index in [-0.39, 0.29) is 5.69 Å². The summed E-state index contributed by atoms with van der Waals surface area (Å²) < 4.78 is 28.4. The summed E-state index contributed by atoms with van der Waals surface area (Å²) in [5.74, 6) is -0.475. The van der Waals surface area contributed by atoms with Gasteiger partial charge < -0.3 is 10.2 Å². The first-order valence-corrected chi connectivity index (χ1v) is 7.44. The fourth-order valence-corrected chi connectivity index (χ4v) is 2.46. The van der Waals surface area contributed by atoms with E-state index in [0.29, 0.717) is 31.1 Å². The Hall–Kier alpha value is -1.16. The van der Waals surface area contributed by atoms with Crippen molar-refractivity contribution in [2.75, 3.05) is 25.0 Å². The number of hydrogen-bond donors (Lipinski definition) is 1. The van der Waals surface area contributed by atoms with Gasteiger partial charge in [0.1, 0.15) is 17.3 Å². The van der Waals surface area contributed by atoms with Gasteiger partial charge in [0.25, 0.3) is 0 Å². The predicted octanol–water partition coefficient (Wildman–Crippen LogP) is 3.95. The molecule has 0 atom stereocenters. The summed E-state index contributed by atoms with van der Waals surface area (Å²) in [6.45, 7) is 7.93. The first kappa shape index (κ1) is 16.9. The molecule has 0 spiro atoms. The third-order valence-electron chi connectivity index (χ3n) is 3.79. The van der Waals surface area contributed by atoms with Crippen molar-refractivity contribution in [2.45, 2.75) is 40.2 Å². The van der Waals surface area contributed by atoms with Crippen LogP contribution in [0.25, 0.3) is 0 Å². The van der Waals surface area contributed by atoms with E-state index in [1.54, 1.807) is 7.05 Å². The largest absolute Gasteiger partial charge is 0.367 e. The summed E-state index contributed by atoms with van der Waals surface area (Å²) >= 11 is 0. The maximum Gasteiger partial charge on any atom is 0.149 e. The minimum absolute atomic E-state index is 0.110. The van der Waals surface area contributed by atoms with Gasteiger partial charge >= 0.3 is 0 Å². The van der Waals surface area contributed by atoms with Gasteiger partial charge in [-0.05, 0) is 37.6 Å². The molecule has 0 unspecified atom stereocenters. The molecule has 4 heteroatoms. The second kappa shape index (κ2) is 8.20.